The van der Waals surface area contributed by atoms with Gasteiger partial charge in [-0.05, 0) is 34.7 Å². The molecule has 1 heterocycles. The molecule has 4 nitrogen and oxygen atoms in total. The average Bonchev–Trinajstić information content (AvgIpc) is 2.25. The Morgan fingerprint density at radius 3 is 2.39 bits per heavy atom. The lowest BCUT2D eigenvalue weighted by Crippen LogP contribution is -2.13. The number of nitroso groups, excluding NO2 is 1. The fraction of sp³-hybridized carbons (Fsp3) is 0.357. The Bertz CT molecular complexity index is 678. The predicted molar refractivity (Wildman–Crippen MR) is 71.4 cm³/mol. The van der Waals surface area contributed by atoms with E-state index in [-0.39, 0.29) is 11.1 Å². The van der Waals surface area contributed by atoms with Gasteiger partial charge in [-0.1, -0.05) is 20.8 Å². The maximum absolute atomic E-state index is 11.4. The number of fused-ring (bicyclic) bond motifs is 1. The zero-order chi connectivity index (χ0) is 13.5. The molecule has 0 aliphatic rings. The highest BCUT2D eigenvalue weighted by Crippen LogP contribution is 2.34. The highest BCUT2D eigenvalue weighted by molar-refractivity contribution is 5.87. The van der Waals surface area contributed by atoms with E-state index in [1.165, 1.54) is 12.1 Å². The molecular weight excluding hydrogens is 230 g/mol. The molecule has 0 radical (unpaired) electrons. The molecular formula is C14H15NO3. The summed E-state index contributed by atoms with van der Waals surface area (Å²) in [5.41, 5.74) is 1.93. The minimum atomic E-state index is -0.414. The van der Waals surface area contributed by atoms with Crippen molar-refractivity contribution < 1.29 is 4.42 Å². The van der Waals surface area contributed by atoms with Crippen LogP contribution in [0.25, 0.3) is 11.0 Å². The van der Waals surface area contributed by atoms with Crippen LogP contribution in [-0.2, 0) is 5.41 Å². The second-order valence-electron chi connectivity index (χ2n) is 5.46. The number of aryl methyl sites for hydroxylation is 1. The maximum Gasteiger partial charge on any atom is 0.336 e. The average molecular weight is 245 g/mol. The first kappa shape index (κ1) is 12.5. The van der Waals surface area contributed by atoms with Crippen LogP contribution in [0.2, 0.25) is 0 Å². The Balaban J connectivity index is 2.99. The number of rotatable bonds is 1. The summed E-state index contributed by atoms with van der Waals surface area (Å²) in [6.07, 6.45) is 0. The lowest BCUT2D eigenvalue weighted by Gasteiger charge is -2.22. The lowest BCUT2D eigenvalue weighted by atomic mass is 9.83. The molecule has 4 heteroatoms. The third-order valence-corrected chi connectivity index (χ3v) is 2.94. The van der Waals surface area contributed by atoms with Gasteiger partial charge >= 0.3 is 5.63 Å². The van der Waals surface area contributed by atoms with Crippen molar-refractivity contribution in [1.29, 1.82) is 0 Å². The smallest absolute Gasteiger partial charge is 0.336 e. The van der Waals surface area contributed by atoms with Crippen LogP contribution in [0.5, 0.6) is 0 Å². The molecule has 0 saturated heterocycles. The van der Waals surface area contributed by atoms with E-state index in [1.54, 1.807) is 6.07 Å². The standard InChI is InChI=1S/C14H15NO3/c1-8-5-12(16)18-11-7-9(15-17)6-10(13(8)11)14(2,3)4/h5-7H,1-4H3. The van der Waals surface area contributed by atoms with Gasteiger partial charge in [0.2, 0.25) is 0 Å². The van der Waals surface area contributed by atoms with Crippen molar-refractivity contribution in [3.63, 3.8) is 0 Å². The molecule has 0 saturated carbocycles. The molecule has 18 heavy (non-hydrogen) atoms. The lowest BCUT2D eigenvalue weighted by molar-refractivity contribution is 0.554. The largest absolute Gasteiger partial charge is 0.423 e. The quantitative estimate of drug-likeness (QED) is 0.567. The van der Waals surface area contributed by atoms with Crippen LogP contribution in [0.15, 0.2) is 32.6 Å². The summed E-state index contributed by atoms with van der Waals surface area (Å²) in [4.78, 5) is 22.1. The molecule has 0 bridgehead atoms. The van der Waals surface area contributed by atoms with Gasteiger partial charge in [-0.3, -0.25) is 0 Å². The first-order valence-corrected chi connectivity index (χ1v) is 5.75. The van der Waals surface area contributed by atoms with E-state index < -0.39 is 5.63 Å². The Kier molecular flexibility index (Phi) is 2.81. The summed E-state index contributed by atoms with van der Waals surface area (Å²) < 4.78 is 5.17. The molecule has 0 unspecified atom stereocenters. The third-order valence-electron chi connectivity index (χ3n) is 2.94. The molecule has 0 N–H and O–H groups in total. The van der Waals surface area contributed by atoms with Gasteiger partial charge in [-0.25, -0.2) is 4.79 Å². The van der Waals surface area contributed by atoms with Crippen LogP contribution < -0.4 is 5.63 Å². The van der Waals surface area contributed by atoms with Crippen molar-refractivity contribution in [2.45, 2.75) is 33.1 Å². The van der Waals surface area contributed by atoms with E-state index >= 15 is 0 Å². The van der Waals surface area contributed by atoms with E-state index in [2.05, 4.69) is 5.18 Å². The van der Waals surface area contributed by atoms with Crippen LogP contribution in [0, 0.1) is 11.8 Å². The van der Waals surface area contributed by atoms with E-state index in [0.717, 1.165) is 16.5 Å². The topological polar surface area (TPSA) is 59.6 Å². The van der Waals surface area contributed by atoms with Crippen molar-refractivity contribution in [2.24, 2.45) is 5.18 Å². The van der Waals surface area contributed by atoms with Gasteiger partial charge in [0.1, 0.15) is 11.3 Å². The molecule has 94 valence electrons. The minimum absolute atomic E-state index is 0.163. The minimum Gasteiger partial charge on any atom is -0.423 e. The predicted octanol–water partition coefficient (Wildman–Crippen LogP) is 3.80. The molecule has 0 amide bonds. The summed E-state index contributed by atoms with van der Waals surface area (Å²) in [6.45, 7) is 7.99. The second-order valence-corrected chi connectivity index (χ2v) is 5.46. The van der Waals surface area contributed by atoms with Gasteiger partial charge in [0.15, 0.2) is 0 Å². The Morgan fingerprint density at radius 2 is 1.83 bits per heavy atom. The zero-order valence-corrected chi connectivity index (χ0v) is 10.9. The Morgan fingerprint density at radius 1 is 1.17 bits per heavy atom. The highest BCUT2D eigenvalue weighted by atomic mass is 16.4. The Hall–Kier alpha value is -1.97. The molecule has 0 spiro atoms. The SMILES string of the molecule is Cc1cc(=O)oc2cc(N=O)cc(C(C)(C)C)c12. The molecule has 1 aromatic heterocycles. The fourth-order valence-electron chi connectivity index (χ4n) is 2.12. The van der Waals surface area contributed by atoms with Gasteiger partial charge in [0.05, 0.1) is 0 Å². The van der Waals surface area contributed by atoms with Crippen molar-refractivity contribution in [2.75, 3.05) is 0 Å². The second kappa shape index (κ2) is 4.05. The van der Waals surface area contributed by atoms with E-state index in [0.29, 0.717) is 5.58 Å². The summed E-state index contributed by atoms with van der Waals surface area (Å²) >= 11 is 0. The van der Waals surface area contributed by atoms with Crippen molar-refractivity contribution >= 4 is 16.7 Å². The summed E-state index contributed by atoms with van der Waals surface area (Å²) in [5, 5.41) is 3.83. The highest BCUT2D eigenvalue weighted by Gasteiger charge is 2.20. The van der Waals surface area contributed by atoms with Crippen LogP contribution in [0.3, 0.4) is 0 Å². The number of benzene rings is 1. The fourth-order valence-corrected chi connectivity index (χ4v) is 2.12. The molecule has 2 aromatic rings. The molecule has 2 rings (SSSR count). The number of nitrogens with zero attached hydrogens (tertiary/aromatic N) is 1. The van der Waals surface area contributed by atoms with Crippen LogP contribution in [-0.4, -0.2) is 0 Å². The van der Waals surface area contributed by atoms with Gasteiger partial charge in [-0.15, -0.1) is 4.91 Å². The zero-order valence-electron chi connectivity index (χ0n) is 10.9. The molecule has 1 aromatic carbocycles. The number of hydrogen-bond acceptors (Lipinski definition) is 4. The number of hydrogen-bond donors (Lipinski definition) is 0. The van der Waals surface area contributed by atoms with E-state index in [1.807, 2.05) is 27.7 Å². The van der Waals surface area contributed by atoms with Crippen LogP contribution >= 0.6 is 0 Å². The van der Waals surface area contributed by atoms with Gasteiger partial charge < -0.3 is 4.42 Å². The summed E-state index contributed by atoms with van der Waals surface area (Å²) in [5.74, 6) is 0. The normalized spacial score (nSPS) is 11.8. The van der Waals surface area contributed by atoms with E-state index in [9.17, 15) is 9.70 Å². The molecule has 0 aliphatic heterocycles. The van der Waals surface area contributed by atoms with Crippen molar-refractivity contribution in [3.05, 3.63) is 44.7 Å². The van der Waals surface area contributed by atoms with Crippen molar-refractivity contribution in [3.8, 4) is 0 Å². The maximum atomic E-state index is 11.4. The first-order valence-electron chi connectivity index (χ1n) is 5.75. The molecule has 0 atom stereocenters. The third kappa shape index (κ3) is 2.06. The Labute approximate surface area is 105 Å². The summed E-state index contributed by atoms with van der Waals surface area (Å²) in [6, 6.07) is 4.72. The van der Waals surface area contributed by atoms with E-state index in [4.69, 9.17) is 4.42 Å². The molecule has 0 fully saturated rings. The first-order chi connectivity index (χ1) is 8.32. The molecule has 0 aliphatic carbocycles. The summed E-state index contributed by atoms with van der Waals surface area (Å²) in [7, 11) is 0. The van der Waals surface area contributed by atoms with Gasteiger partial charge in [-0.2, -0.15) is 0 Å². The van der Waals surface area contributed by atoms with Gasteiger partial charge in [0, 0.05) is 17.5 Å². The van der Waals surface area contributed by atoms with Crippen LogP contribution in [0.1, 0.15) is 31.9 Å². The monoisotopic (exact) mass is 245 g/mol. The van der Waals surface area contributed by atoms with Gasteiger partial charge in [0.25, 0.3) is 0 Å². The van der Waals surface area contributed by atoms with Crippen molar-refractivity contribution in [1.82, 2.24) is 0 Å². The van der Waals surface area contributed by atoms with Crippen LogP contribution in [0.4, 0.5) is 5.69 Å².